The lowest BCUT2D eigenvalue weighted by Gasteiger charge is -2.36. The first-order valence-corrected chi connectivity index (χ1v) is 9.14. The molecule has 1 aliphatic heterocycles. The van der Waals surface area contributed by atoms with Crippen LogP contribution in [0.5, 0.6) is 5.75 Å². The van der Waals surface area contributed by atoms with Gasteiger partial charge in [0.2, 0.25) is 0 Å². The number of ether oxygens (including phenoxy) is 2. The maximum atomic E-state index is 11.4. The summed E-state index contributed by atoms with van der Waals surface area (Å²) < 4.78 is 33.9. The Balaban J connectivity index is 1.98. The van der Waals surface area contributed by atoms with Crippen molar-refractivity contribution in [3.8, 4) is 5.75 Å². The summed E-state index contributed by atoms with van der Waals surface area (Å²) in [5.74, 6) is 0.471. The van der Waals surface area contributed by atoms with E-state index in [1.165, 1.54) is 17.0 Å². The molecule has 1 aromatic carbocycles. The first-order valence-electron chi connectivity index (χ1n) is 7.25. The van der Waals surface area contributed by atoms with Crippen LogP contribution < -0.4 is 4.74 Å². The topological polar surface area (TPSA) is 93.1 Å². The van der Waals surface area contributed by atoms with Crippen molar-refractivity contribution in [2.75, 3.05) is 33.1 Å². The molecule has 7 nitrogen and oxygen atoms in total. The molecule has 2 atom stereocenters. The minimum Gasteiger partial charge on any atom is -0.493 e. The van der Waals surface area contributed by atoms with Crippen LogP contribution >= 0.6 is 0 Å². The predicted octanol–water partition coefficient (Wildman–Crippen LogP) is 1.48. The summed E-state index contributed by atoms with van der Waals surface area (Å²) in [6.45, 7) is 1.11. The summed E-state index contributed by atoms with van der Waals surface area (Å²) >= 11 is 0. The summed E-state index contributed by atoms with van der Waals surface area (Å²) in [7, 11) is -1.63. The number of hydrogen-bond donors (Lipinski definition) is 1. The fraction of sp³-hybridized carbons (Fsp3) is 0.533. The van der Waals surface area contributed by atoms with Crippen molar-refractivity contribution in [2.45, 2.75) is 17.4 Å². The van der Waals surface area contributed by atoms with E-state index in [-0.39, 0.29) is 16.9 Å². The van der Waals surface area contributed by atoms with Crippen molar-refractivity contribution in [1.82, 2.24) is 4.90 Å². The number of hydrogen-bond acceptors (Lipinski definition) is 5. The van der Waals surface area contributed by atoms with Crippen LogP contribution in [0.2, 0.25) is 0 Å². The number of likely N-dealkylation sites (tertiary alicyclic amines) is 1. The number of nitrogens with zero attached hydrogens (tertiary/aromatic N) is 1. The molecule has 0 saturated carbocycles. The van der Waals surface area contributed by atoms with Crippen molar-refractivity contribution in [3.63, 3.8) is 0 Å². The van der Waals surface area contributed by atoms with Crippen LogP contribution in [-0.2, 0) is 14.6 Å². The molecule has 1 saturated heterocycles. The lowest BCUT2D eigenvalue weighted by Crippen LogP contribution is -2.48. The van der Waals surface area contributed by atoms with Crippen LogP contribution in [-0.4, -0.2) is 63.7 Å². The zero-order valence-electron chi connectivity index (χ0n) is 13.1. The highest BCUT2D eigenvalue weighted by Crippen LogP contribution is 2.22. The predicted molar refractivity (Wildman–Crippen MR) is 83.5 cm³/mol. The van der Waals surface area contributed by atoms with Crippen molar-refractivity contribution in [1.29, 1.82) is 0 Å². The molecule has 2 rings (SSSR count). The molecule has 0 bridgehead atoms. The lowest BCUT2D eigenvalue weighted by atomic mass is 9.95. The van der Waals surface area contributed by atoms with Gasteiger partial charge in [-0.2, -0.15) is 0 Å². The Labute approximate surface area is 135 Å². The molecule has 8 heteroatoms. The molecule has 0 aromatic heterocycles. The van der Waals surface area contributed by atoms with Gasteiger partial charge in [0.05, 0.1) is 17.6 Å². The third kappa shape index (κ3) is 4.59. The number of methoxy groups -OCH3 is 1. The van der Waals surface area contributed by atoms with Gasteiger partial charge < -0.3 is 19.5 Å². The SMILES string of the molecule is COC1CCN(C(=O)O)CC1COc1ccc(S(C)(=O)=O)cc1. The minimum absolute atomic E-state index is 0.0547. The van der Waals surface area contributed by atoms with Crippen molar-refractivity contribution in [3.05, 3.63) is 24.3 Å². The Morgan fingerprint density at radius 2 is 2.00 bits per heavy atom. The second-order valence-corrected chi connectivity index (χ2v) is 7.62. The van der Waals surface area contributed by atoms with Gasteiger partial charge in [-0.15, -0.1) is 0 Å². The molecule has 0 radical (unpaired) electrons. The van der Waals surface area contributed by atoms with Crippen molar-refractivity contribution < 1.29 is 27.8 Å². The fourth-order valence-corrected chi connectivity index (χ4v) is 3.27. The van der Waals surface area contributed by atoms with Gasteiger partial charge in [-0.3, -0.25) is 0 Å². The Morgan fingerprint density at radius 1 is 1.35 bits per heavy atom. The van der Waals surface area contributed by atoms with Gasteiger partial charge in [0.1, 0.15) is 5.75 Å². The Hall–Kier alpha value is -1.80. The molecule has 1 aromatic rings. The van der Waals surface area contributed by atoms with E-state index in [0.29, 0.717) is 31.9 Å². The van der Waals surface area contributed by atoms with Gasteiger partial charge in [-0.25, -0.2) is 13.2 Å². The van der Waals surface area contributed by atoms with Crippen LogP contribution in [0.1, 0.15) is 6.42 Å². The second kappa shape index (κ2) is 7.18. The van der Waals surface area contributed by atoms with E-state index in [2.05, 4.69) is 0 Å². The number of carbonyl (C=O) groups is 1. The molecule has 128 valence electrons. The third-order valence-corrected chi connectivity index (χ3v) is 5.08. The largest absolute Gasteiger partial charge is 0.493 e. The number of benzene rings is 1. The van der Waals surface area contributed by atoms with Gasteiger partial charge in [0.25, 0.3) is 0 Å². The van der Waals surface area contributed by atoms with Gasteiger partial charge in [0, 0.05) is 32.4 Å². The van der Waals surface area contributed by atoms with Gasteiger partial charge in [-0.05, 0) is 30.7 Å². The number of carboxylic acid groups (broad SMARTS) is 1. The highest BCUT2D eigenvalue weighted by Gasteiger charge is 2.32. The van der Waals surface area contributed by atoms with E-state index in [4.69, 9.17) is 14.6 Å². The molecular formula is C15H21NO6S. The summed E-state index contributed by atoms with van der Waals surface area (Å²) in [5, 5.41) is 9.09. The van der Waals surface area contributed by atoms with E-state index in [1.54, 1.807) is 19.2 Å². The zero-order valence-corrected chi connectivity index (χ0v) is 14.0. The van der Waals surface area contributed by atoms with Crippen LogP contribution in [0.25, 0.3) is 0 Å². The summed E-state index contributed by atoms with van der Waals surface area (Å²) in [4.78, 5) is 12.7. The number of amides is 1. The fourth-order valence-electron chi connectivity index (χ4n) is 2.64. The van der Waals surface area contributed by atoms with Crippen molar-refractivity contribution >= 4 is 15.9 Å². The average Bonchev–Trinajstić information content (AvgIpc) is 2.52. The molecule has 1 amide bonds. The number of sulfone groups is 1. The zero-order chi connectivity index (χ0) is 17.0. The maximum absolute atomic E-state index is 11.4. The number of rotatable bonds is 5. The van der Waals surface area contributed by atoms with E-state index >= 15 is 0 Å². The molecule has 0 aliphatic carbocycles. The molecule has 2 unspecified atom stereocenters. The average molecular weight is 343 g/mol. The third-order valence-electron chi connectivity index (χ3n) is 3.95. The van der Waals surface area contributed by atoms with Gasteiger partial charge in [-0.1, -0.05) is 0 Å². The second-order valence-electron chi connectivity index (χ2n) is 5.61. The van der Waals surface area contributed by atoms with Crippen LogP contribution in [0.4, 0.5) is 4.79 Å². The Morgan fingerprint density at radius 3 is 2.52 bits per heavy atom. The van der Waals surface area contributed by atoms with E-state index in [0.717, 1.165) is 6.26 Å². The molecule has 1 N–H and O–H groups in total. The molecule has 1 fully saturated rings. The van der Waals surface area contributed by atoms with Crippen LogP contribution in [0, 0.1) is 5.92 Å². The first-order chi connectivity index (χ1) is 10.8. The molecular weight excluding hydrogens is 322 g/mol. The number of piperidine rings is 1. The highest BCUT2D eigenvalue weighted by molar-refractivity contribution is 7.90. The standard InChI is InChI=1S/C15H21NO6S/c1-21-14-7-8-16(15(17)18)9-11(14)10-22-12-3-5-13(6-4-12)23(2,19)20/h3-6,11,14H,7-10H2,1-2H3,(H,17,18). The van der Waals surface area contributed by atoms with Gasteiger partial charge in [0.15, 0.2) is 9.84 Å². The van der Waals surface area contributed by atoms with E-state index < -0.39 is 15.9 Å². The first kappa shape index (κ1) is 17.6. The van der Waals surface area contributed by atoms with Gasteiger partial charge >= 0.3 is 6.09 Å². The summed E-state index contributed by atoms with van der Waals surface area (Å²) in [6.07, 6.45) is 0.779. The summed E-state index contributed by atoms with van der Waals surface area (Å²) in [5.41, 5.74) is 0. The smallest absolute Gasteiger partial charge is 0.407 e. The molecule has 1 heterocycles. The Kier molecular flexibility index (Phi) is 5.48. The highest BCUT2D eigenvalue weighted by atomic mass is 32.2. The summed E-state index contributed by atoms with van der Waals surface area (Å²) in [6, 6.07) is 6.16. The molecule has 23 heavy (non-hydrogen) atoms. The van der Waals surface area contributed by atoms with E-state index in [9.17, 15) is 13.2 Å². The molecule has 0 spiro atoms. The van der Waals surface area contributed by atoms with E-state index in [1.807, 2.05) is 0 Å². The quantitative estimate of drug-likeness (QED) is 0.870. The normalized spacial score (nSPS) is 21.9. The monoisotopic (exact) mass is 343 g/mol. The van der Waals surface area contributed by atoms with Crippen molar-refractivity contribution in [2.24, 2.45) is 5.92 Å². The lowest BCUT2D eigenvalue weighted by molar-refractivity contribution is -0.0181. The Bertz CT molecular complexity index is 642. The van der Waals surface area contributed by atoms with Crippen LogP contribution in [0.3, 0.4) is 0 Å². The minimum atomic E-state index is -3.23. The molecule has 1 aliphatic rings. The van der Waals surface area contributed by atoms with Crippen LogP contribution in [0.15, 0.2) is 29.2 Å². The maximum Gasteiger partial charge on any atom is 0.407 e.